The summed E-state index contributed by atoms with van der Waals surface area (Å²) < 4.78 is 26.8. The number of nitrogens with zero attached hydrogens (tertiary/aromatic N) is 3. The number of amides is 2. The normalized spacial score (nSPS) is 20.2. The van der Waals surface area contributed by atoms with Gasteiger partial charge in [-0.1, -0.05) is 11.6 Å². The molecule has 0 N–H and O–H groups in total. The van der Waals surface area contributed by atoms with E-state index in [0.29, 0.717) is 57.1 Å². The van der Waals surface area contributed by atoms with E-state index in [-0.39, 0.29) is 16.7 Å². The van der Waals surface area contributed by atoms with Crippen molar-refractivity contribution >= 4 is 33.9 Å². The number of carbonyl (C=O) groups is 2. The summed E-state index contributed by atoms with van der Waals surface area (Å²) in [4.78, 5) is 27.1. The molecule has 0 aromatic heterocycles. The molecule has 2 amide bonds. The maximum Gasteiger partial charge on any atom is 0.243 e. The number of piperazine rings is 1. The van der Waals surface area contributed by atoms with Crippen LogP contribution in [0, 0.1) is 5.92 Å². The molecule has 0 radical (unpaired) electrons. The molecule has 2 aliphatic heterocycles. The first-order chi connectivity index (χ1) is 12.4. The third-order valence-corrected chi connectivity index (χ3v) is 7.19. The molecule has 2 saturated heterocycles. The van der Waals surface area contributed by atoms with Crippen molar-refractivity contribution in [2.45, 2.75) is 17.7 Å². The number of benzene rings is 1. The van der Waals surface area contributed by atoms with Gasteiger partial charge < -0.3 is 9.80 Å². The molecule has 0 bridgehead atoms. The number of sulfonamides is 1. The lowest BCUT2D eigenvalue weighted by Gasteiger charge is -2.37. The molecule has 0 aliphatic carbocycles. The van der Waals surface area contributed by atoms with Gasteiger partial charge in [-0.2, -0.15) is 4.31 Å². The van der Waals surface area contributed by atoms with Crippen molar-refractivity contribution < 1.29 is 18.0 Å². The van der Waals surface area contributed by atoms with Gasteiger partial charge in [0.2, 0.25) is 22.3 Å². The summed E-state index contributed by atoms with van der Waals surface area (Å²) in [7, 11) is -3.56. The molecule has 7 nitrogen and oxygen atoms in total. The smallest absolute Gasteiger partial charge is 0.243 e. The number of hydrogen-bond donors (Lipinski definition) is 0. The van der Waals surface area contributed by atoms with Gasteiger partial charge >= 0.3 is 0 Å². The molecule has 0 unspecified atom stereocenters. The van der Waals surface area contributed by atoms with Crippen molar-refractivity contribution in [3.05, 3.63) is 29.3 Å². The molecule has 0 saturated carbocycles. The van der Waals surface area contributed by atoms with Crippen LogP contribution >= 0.6 is 11.6 Å². The van der Waals surface area contributed by atoms with Crippen LogP contribution in [-0.2, 0) is 19.6 Å². The zero-order chi connectivity index (χ0) is 18.7. The fourth-order valence-corrected chi connectivity index (χ4v) is 5.00. The van der Waals surface area contributed by atoms with Crippen LogP contribution in [0.4, 0.5) is 0 Å². The lowest BCUT2D eigenvalue weighted by molar-refractivity contribution is -0.140. The van der Waals surface area contributed by atoms with E-state index >= 15 is 0 Å². The molecule has 2 aliphatic rings. The first-order valence-electron chi connectivity index (χ1n) is 8.65. The van der Waals surface area contributed by atoms with E-state index in [2.05, 4.69) is 0 Å². The maximum atomic E-state index is 12.7. The zero-order valence-corrected chi connectivity index (χ0v) is 16.0. The summed E-state index contributed by atoms with van der Waals surface area (Å²) in [6, 6.07) is 6.12. The summed E-state index contributed by atoms with van der Waals surface area (Å²) in [5, 5.41) is 0.489. The van der Waals surface area contributed by atoms with Crippen LogP contribution < -0.4 is 0 Å². The van der Waals surface area contributed by atoms with Gasteiger partial charge in [-0.3, -0.25) is 9.59 Å². The van der Waals surface area contributed by atoms with Crippen LogP contribution in [0.15, 0.2) is 29.2 Å². The fraction of sp³-hybridized carbons (Fsp3) is 0.529. The molecule has 1 aromatic rings. The number of rotatable bonds is 4. The van der Waals surface area contributed by atoms with Crippen molar-refractivity contribution in [3.8, 4) is 0 Å². The highest BCUT2D eigenvalue weighted by atomic mass is 35.5. The molecule has 2 heterocycles. The largest absolute Gasteiger partial charge is 0.342 e. The number of carbonyl (C=O) groups excluding carboxylic acids is 2. The van der Waals surface area contributed by atoms with Gasteiger partial charge in [-0.15, -0.1) is 0 Å². The van der Waals surface area contributed by atoms with Gasteiger partial charge in [0.25, 0.3) is 0 Å². The molecule has 0 atom stereocenters. The van der Waals surface area contributed by atoms with Crippen molar-refractivity contribution in [1.29, 1.82) is 0 Å². The van der Waals surface area contributed by atoms with Crippen molar-refractivity contribution in [2.24, 2.45) is 5.92 Å². The molecule has 9 heteroatoms. The Bertz CT molecular complexity index is 753. The van der Waals surface area contributed by atoms with E-state index < -0.39 is 10.0 Å². The second-order valence-corrected chi connectivity index (χ2v) is 8.97. The number of hydrogen-bond acceptors (Lipinski definition) is 4. The molecule has 1 aromatic carbocycles. The molecule has 2 fully saturated rings. The van der Waals surface area contributed by atoms with Gasteiger partial charge in [0.15, 0.2) is 0 Å². The zero-order valence-electron chi connectivity index (χ0n) is 14.4. The van der Waals surface area contributed by atoms with Crippen LogP contribution in [0.1, 0.15) is 12.8 Å². The molecule has 26 heavy (non-hydrogen) atoms. The Hall–Kier alpha value is -1.64. The lowest BCUT2D eigenvalue weighted by atomic mass is 9.96. The van der Waals surface area contributed by atoms with Gasteiger partial charge in [0.1, 0.15) is 0 Å². The Morgan fingerprint density at radius 1 is 1.00 bits per heavy atom. The van der Waals surface area contributed by atoms with Gasteiger partial charge in [-0.05, 0) is 37.1 Å². The predicted molar refractivity (Wildman–Crippen MR) is 97.2 cm³/mol. The van der Waals surface area contributed by atoms with E-state index in [9.17, 15) is 18.0 Å². The van der Waals surface area contributed by atoms with E-state index in [1.807, 2.05) is 0 Å². The van der Waals surface area contributed by atoms with Gasteiger partial charge in [0.05, 0.1) is 4.90 Å². The maximum absolute atomic E-state index is 12.7. The average molecular weight is 400 g/mol. The second kappa shape index (κ2) is 7.94. The molecular weight excluding hydrogens is 378 g/mol. The molecular formula is C17H22ClN3O4S. The molecule has 3 rings (SSSR count). The second-order valence-electron chi connectivity index (χ2n) is 6.60. The first kappa shape index (κ1) is 19.1. The topological polar surface area (TPSA) is 78.0 Å². The first-order valence-corrected chi connectivity index (χ1v) is 10.5. The number of piperidine rings is 1. The highest BCUT2D eigenvalue weighted by Crippen LogP contribution is 2.26. The predicted octanol–water partition coefficient (Wildman–Crippen LogP) is 1.04. The van der Waals surface area contributed by atoms with Crippen molar-refractivity contribution in [1.82, 2.24) is 14.1 Å². The van der Waals surface area contributed by atoms with Crippen molar-refractivity contribution in [2.75, 3.05) is 39.3 Å². The van der Waals surface area contributed by atoms with Crippen LogP contribution in [0.25, 0.3) is 0 Å². The summed E-state index contributed by atoms with van der Waals surface area (Å²) in [6.45, 7) is 2.85. The quantitative estimate of drug-likeness (QED) is 0.709. The Labute approximate surface area is 158 Å². The summed E-state index contributed by atoms with van der Waals surface area (Å²) >= 11 is 5.82. The molecule has 0 spiro atoms. The third kappa shape index (κ3) is 4.02. The van der Waals surface area contributed by atoms with E-state index in [0.717, 1.165) is 6.41 Å². The average Bonchev–Trinajstić information content (AvgIpc) is 2.68. The lowest BCUT2D eigenvalue weighted by Crippen LogP contribution is -2.51. The number of halogens is 1. The minimum atomic E-state index is -3.56. The Morgan fingerprint density at radius 3 is 2.12 bits per heavy atom. The third-order valence-electron chi connectivity index (χ3n) is 5.03. The summed E-state index contributed by atoms with van der Waals surface area (Å²) in [6.07, 6.45) is 1.83. The Kier molecular flexibility index (Phi) is 5.84. The molecule has 142 valence electrons. The van der Waals surface area contributed by atoms with E-state index in [1.165, 1.54) is 16.4 Å². The van der Waals surface area contributed by atoms with Gasteiger partial charge in [0, 0.05) is 50.2 Å². The van der Waals surface area contributed by atoms with Gasteiger partial charge in [-0.25, -0.2) is 8.42 Å². The SMILES string of the molecule is O=CN1CCN(C(=O)C2CCN(S(=O)(=O)c3ccc(Cl)cc3)CC2)CC1. The Morgan fingerprint density at radius 2 is 1.58 bits per heavy atom. The van der Waals surface area contributed by atoms with E-state index in [1.54, 1.807) is 21.9 Å². The van der Waals surface area contributed by atoms with E-state index in [4.69, 9.17) is 11.6 Å². The van der Waals surface area contributed by atoms with Crippen LogP contribution in [0.3, 0.4) is 0 Å². The fourth-order valence-electron chi connectivity index (χ4n) is 3.40. The highest BCUT2D eigenvalue weighted by molar-refractivity contribution is 7.89. The standard InChI is InChI=1S/C17H22ClN3O4S/c18-15-1-3-16(4-2-15)26(24,25)21-7-5-14(6-8-21)17(23)20-11-9-19(13-22)10-12-20/h1-4,13-14H,5-12H2. The Balaban J connectivity index is 1.58. The van der Waals surface area contributed by atoms with Crippen LogP contribution in [0.2, 0.25) is 5.02 Å². The monoisotopic (exact) mass is 399 g/mol. The summed E-state index contributed by atoms with van der Waals surface area (Å²) in [5.41, 5.74) is 0. The minimum absolute atomic E-state index is 0.0686. The van der Waals surface area contributed by atoms with Crippen LogP contribution in [0.5, 0.6) is 0 Å². The van der Waals surface area contributed by atoms with Crippen LogP contribution in [-0.4, -0.2) is 74.1 Å². The van der Waals surface area contributed by atoms with Crippen molar-refractivity contribution in [3.63, 3.8) is 0 Å². The summed E-state index contributed by atoms with van der Waals surface area (Å²) in [5.74, 6) is -0.0893. The highest BCUT2D eigenvalue weighted by Gasteiger charge is 2.34. The minimum Gasteiger partial charge on any atom is -0.342 e.